The van der Waals surface area contributed by atoms with Crippen LogP contribution in [0.4, 0.5) is 0 Å². The number of benzene rings is 2. The van der Waals surface area contributed by atoms with E-state index in [0.29, 0.717) is 40.7 Å². The lowest BCUT2D eigenvalue weighted by atomic mass is 10.2. The highest BCUT2D eigenvalue weighted by Gasteiger charge is 2.17. The Balaban J connectivity index is 1.75. The molecule has 1 N–H and O–H groups in total. The van der Waals surface area contributed by atoms with Gasteiger partial charge in [0.05, 0.1) is 23.5 Å². The minimum Gasteiger partial charge on any atom is -0.496 e. The van der Waals surface area contributed by atoms with Crippen LogP contribution in [0.3, 0.4) is 0 Å². The molecule has 2 aromatic rings. The molecule has 0 unspecified atom stereocenters. The van der Waals surface area contributed by atoms with E-state index in [0.717, 1.165) is 3.57 Å². The largest absolute Gasteiger partial charge is 0.496 e. The maximum absolute atomic E-state index is 12.3. The van der Waals surface area contributed by atoms with Gasteiger partial charge in [0.25, 0.3) is 5.91 Å². The van der Waals surface area contributed by atoms with E-state index in [1.807, 2.05) is 13.0 Å². The molecule has 0 spiro atoms. The second kappa shape index (κ2) is 8.26. The zero-order chi connectivity index (χ0) is 18.5. The molecule has 0 saturated carbocycles. The second-order valence-corrected chi connectivity index (χ2v) is 6.39. The summed E-state index contributed by atoms with van der Waals surface area (Å²) in [5, 5.41) is 4.02. The molecule has 0 aliphatic carbocycles. The van der Waals surface area contributed by atoms with Gasteiger partial charge in [0.15, 0.2) is 11.5 Å². The van der Waals surface area contributed by atoms with Gasteiger partial charge in [-0.3, -0.25) is 4.79 Å². The lowest BCUT2D eigenvalue weighted by Gasteiger charge is -2.08. The highest BCUT2D eigenvalue weighted by atomic mass is 127. The summed E-state index contributed by atoms with van der Waals surface area (Å²) in [6, 6.07) is 8.69. The SMILES string of the molecule is CCOc1cc2c(cc1/C=N\NC(=O)c1ccc(I)c(OC)c1)OCO2. The Morgan fingerprint density at radius 2 is 2.04 bits per heavy atom. The van der Waals surface area contributed by atoms with Crippen LogP contribution in [0, 0.1) is 3.57 Å². The van der Waals surface area contributed by atoms with E-state index in [4.69, 9.17) is 18.9 Å². The van der Waals surface area contributed by atoms with E-state index in [2.05, 4.69) is 33.1 Å². The Morgan fingerprint density at radius 1 is 1.27 bits per heavy atom. The van der Waals surface area contributed by atoms with Gasteiger partial charge in [-0.1, -0.05) is 0 Å². The minimum absolute atomic E-state index is 0.173. The molecule has 1 aliphatic rings. The fraction of sp³-hybridized carbons (Fsp3) is 0.222. The standard InChI is InChI=1S/C18H17IN2O5/c1-3-24-14-8-17-16(25-10-26-17)7-12(14)9-20-21-18(22)11-4-5-13(19)15(6-11)23-2/h4-9H,3,10H2,1-2H3,(H,21,22)/b20-9-. The third-order valence-corrected chi connectivity index (χ3v) is 4.48. The maximum Gasteiger partial charge on any atom is 0.271 e. The maximum atomic E-state index is 12.3. The monoisotopic (exact) mass is 468 g/mol. The fourth-order valence-corrected chi connectivity index (χ4v) is 2.90. The van der Waals surface area contributed by atoms with Crippen LogP contribution in [0.15, 0.2) is 35.4 Å². The van der Waals surface area contributed by atoms with Crippen molar-refractivity contribution in [2.45, 2.75) is 6.92 Å². The number of rotatable bonds is 6. The van der Waals surface area contributed by atoms with Crippen molar-refractivity contribution in [2.24, 2.45) is 5.10 Å². The molecule has 1 aliphatic heterocycles. The quantitative estimate of drug-likeness (QED) is 0.401. The van der Waals surface area contributed by atoms with E-state index < -0.39 is 0 Å². The zero-order valence-corrected chi connectivity index (χ0v) is 16.4. The van der Waals surface area contributed by atoms with Crippen LogP contribution in [0.1, 0.15) is 22.8 Å². The Morgan fingerprint density at radius 3 is 2.77 bits per heavy atom. The molecule has 0 bridgehead atoms. The summed E-state index contributed by atoms with van der Waals surface area (Å²) in [4.78, 5) is 12.3. The summed E-state index contributed by atoms with van der Waals surface area (Å²) in [6.45, 7) is 2.56. The van der Waals surface area contributed by atoms with E-state index >= 15 is 0 Å². The molecule has 0 fully saturated rings. The fourth-order valence-electron chi connectivity index (χ4n) is 2.35. The number of ether oxygens (including phenoxy) is 4. The van der Waals surface area contributed by atoms with Gasteiger partial charge in [0, 0.05) is 17.2 Å². The van der Waals surface area contributed by atoms with Gasteiger partial charge in [-0.2, -0.15) is 5.10 Å². The smallest absolute Gasteiger partial charge is 0.271 e. The first-order valence-electron chi connectivity index (χ1n) is 7.85. The molecular formula is C18H17IN2O5. The number of carbonyl (C=O) groups is 1. The van der Waals surface area contributed by atoms with Crippen molar-refractivity contribution in [3.05, 3.63) is 45.0 Å². The predicted octanol–water partition coefficient (Wildman–Crippen LogP) is 3.19. The predicted molar refractivity (Wildman–Crippen MR) is 105 cm³/mol. The van der Waals surface area contributed by atoms with E-state index in [-0.39, 0.29) is 12.7 Å². The summed E-state index contributed by atoms with van der Waals surface area (Å²) < 4.78 is 22.4. The Labute approximate surface area is 164 Å². The van der Waals surface area contributed by atoms with Crippen LogP contribution in [-0.4, -0.2) is 32.6 Å². The molecule has 3 rings (SSSR count). The third kappa shape index (κ3) is 4.01. The zero-order valence-electron chi connectivity index (χ0n) is 14.2. The number of hydrazone groups is 1. The first kappa shape index (κ1) is 18.3. The number of nitrogens with zero attached hydrogens (tertiary/aromatic N) is 1. The third-order valence-electron chi connectivity index (χ3n) is 3.59. The van der Waals surface area contributed by atoms with E-state index in [1.165, 1.54) is 6.21 Å². The molecule has 1 amide bonds. The van der Waals surface area contributed by atoms with Crippen molar-refractivity contribution in [3.63, 3.8) is 0 Å². The van der Waals surface area contributed by atoms with Crippen LogP contribution in [-0.2, 0) is 0 Å². The Hall–Kier alpha value is -2.49. The summed E-state index contributed by atoms with van der Waals surface area (Å²) in [7, 11) is 1.56. The number of carbonyl (C=O) groups excluding carboxylic acids is 1. The first-order chi connectivity index (χ1) is 12.6. The van der Waals surface area contributed by atoms with Gasteiger partial charge in [0.1, 0.15) is 11.5 Å². The van der Waals surface area contributed by atoms with Gasteiger partial charge in [-0.05, 0) is 53.8 Å². The van der Waals surface area contributed by atoms with Crippen LogP contribution >= 0.6 is 22.6 Å². The Kier molecular flexibility index (Phi) is 5.82. The first-order valence-corrected chi connectivity index (χ1v) is 8.93. The summed E-state index contributed by atoms with van der Waals surface area (Å²) in [6.07, 6.45) is 1.51. The van der Waals surface area contributed by atoms with Crippen LogP contribution < -0.4 is 24.4 Å². The number of methoxy groups -OCH3 is 1. The number of nitrogens with one attached hydrogen (secondary N) is 1. The van der Waals surface area contributed by atoms with Crippen molar-refractivity contribution < 1.29 is 23.7 Å². The normalized spacial score (nSPS) is 12.3. The van der Waals surface area contributed by atoms with Crippen molar-refractivity contribution in [2.75, 3.05) is 20.5 Å². The highest BCUT2D eigenvalue weighted by Crippen LogP contribution is 2.37. The van der Waals surface area contributed by atoms with E-state index in [1.54, 1.807) is 31.4 Å². The van der Waals surface area contributed by atoms with Crippen molar-refractivity contribution in [1.29, 1.82) is 0 Å². The van der Waals surface area contributed by atoms with Crippen molar-refractivity contribution in [1.82, 2.24) is 5.43 Å². The number of amides is 1. The summed E-state index contributed by atoms with van der Waals surface area (Å²) in [5.74, 6) is 2.14. The molecule has 2 aromatic carbocycles. The van der Waals surface area contributed by atoms with Gasteiger partial charge < -0.3 is 18.9 Å². The average Bonchev–Trinajstić information content (AvgIpc) is 3.09. The second-order valence-electron chi connectivity index (χ2n) is 5.22. The molecule has 7 nitrogen and oxygen atoms in total. The number of hydrogen-bond donors (Lipinski definition) is 1. The minimum atomic E-state index is -0.338. The highest BCUT2D eigenvalue weighted by molar-refractivity contribution is 14.1. The molecule has 26 heavy (non-hydrogen) atoms. The van der Waals surface area contributed by atoms with Gasteiger partial charge >= 0.3 is 0 Å². The summed E-state index contributed by atoms with van der Waals surface area (Å²) >= 11 is 2.14. The van der Waals surface area contributed by atoms with Crippen LogP contribution in [0.2, 0.25) is 0 Å². The summed E-state index contributed by atoms with van der Waals surface area (Å²) in [5.41, 5.74) is 3.63. The van der Waals surface area contributed by atoms with Gasteiger partial charge in [-0.15, -0.1) is 0 Å². The molecular weight excluding hydrogens is 451 g/mol. The number of hydrogen-bond acceptors (Lipinski definition) is 6. The molecule has 0 saturated heterocycles. The van der Waals surface area contributed by atoms with Crippen LogP contribution in [0.25, 0.3) is 0 Å². The van der Waals surface area contributed by atoms with Crippen LogP contribution in [0.5, 0.6) is 23.0 Å². The molecule has 8 heteroatoms. The van der Waals surface area contributed by atoms with Crippen molar-refractivity contribution in [3.8, 4) is 23.0 Å². The molecule has 0 radical (unpaired) electrons. The van der Waals surface area contributed by atoms with Crippen molar-refractivity contribution >= 4 is 34.7 Å². The lowest BCUT2D eigenvalue weighted by molar-refractivity contribution is 0.0954. The van der Waals surface area contributed by atoms with E-state index in [9.17, 15) is 4.79 Å². The average molecular weight is 468 g/mol. The molecule has 1 heterocycles. The topological polar surface area (TPSA) is 78.4 Å². The van der Waals surface area contributed by atoms with Gasteiger partial charge in [-0.25, -0.2) is 5.43 Å². The molecule has 0 aromatic heterocycles. The molecule has 0 atom stereocenters. The molecule has 136 valence electrons. The number of halogens is 1. The lowest BCUT2D eigenvalue weighted by Crippen LogP contribution is -2.17. The van der Waals surface area contributed by atoms with Gasteiger partial charge in [0.2, 0.25) is 6.79 Å². The Bertz CT molecular complexity index is 854. The number of fused-ring (bicyclic) bond motifs is 1.